The number of nitrogens with zero attached hydrogens (tertiary/aromatic N) is 2. The Labute approximate surface area is 94.3 Å². The molecule has 0 amide bonds. The Kier molecular flexibility index (Phi) is 4.03. The lowest BCUT2D eigenvalue weighted by molar-refractivity contribution is 0.0459. The van der Waals surface area contributed by atoms with Crippen molar-refractivity contribution in [1.29, 1.82) is 0 Å². The Morgan fingerprint density at radius 1 is 1.62 bits per heavy atom. The Morgan fingerprint density at radius 3 is 2.88 bits per heavy atom. The van der Waals surface area contributed by atoms with Gasteiger partial charge in [-0.1, -0.05) is 0 Å². The molecule has 1 unspecified atom stereocenters. The van der Waals surface area contributed by atoms with Crippen LogP contribution in [0.4, 0.5) is 5.82 Å². The Morgan fingerprint density at radius 2 is 2.31 bits per heavy atom. The largest absolute Gasteiger partial charge is 0.387 e. The summed E-state index contributed by atoms with van der Waals surface area (Å²) in [5, 5.41) is 12.8. The van der Waals surface area contributed by atoms with Crippen LogP contribution in [-0.2, 0) is 0 Å². The van der Waals surface area contributed by atoms with Gasteiger partial charge in [-0.05, 0) is 21.0 Å². The third-order valence-corrected chi connectivity index (χ3v) is 2.00. The van der Waals surface area contributed by atoms with Gasteiger partial charge in [-0.25, -0.2) is 4.98 Å². The van der Waals surface area contributed by atoms with Crippen LogP contribution < -0.4 is 10.9 Å². The van der Waals surface area contributed by atoms with E-state index in [2.05, 4.69) is 15.3 Å². The van der Waals surface area contributed by atoms with E-state index in [9.17, 15) is 9.90 Å². The van der Waals surface area contributed by atoms with Crippen molar-refractivity contribution in [2.75, 3.05) is 32.5 Å². The van der Waals surface area contributed by atoms with Gasteiger partial charge in [-0.2, -0.15) is 0 Å². The van der Waals surface area contributed by atoms with Crippen LogP contribution in [0.25, 0.3) is 0 Å². The summed E-state index contributed by atoms with van der Waals surface area (Å²) in [6, 6.07) is 0. The van der Waals surface area contributed by atoms with Crippen LogP contribution in [0.1, 0.15) is 6.92 Å². The number of hydrogen-bond donors (Lipinski definition) is 3. The number of H-pyrrole nitrogens is 1. The van der Waals surface area contributed by atoms with E-state index in [1.165, 1.54) is 12.4 Å². The summed E-state index contributed by atoms with van der Waals surface area (Å²) in [6.07, 6.45) is 2.95. The highest BCUT2D eigenvalue weighted by Crippen LogP contribution is 2.05. The van der Waals surface area contributed by atoms with Gasteiger partial charge in [0.05, 0.1) is 5.60 Å². The molecule has 0 spiro atoms. The molecule has 1 rings (SSSR count). The predicted molar refractivity (Wildman–Crippen MR) is 62.5 cm³/mol. The summed E-state index contributed by atoms with van der Waals surface area (Å²) in [5.74, 6) is 0.224. The van der Waals surface area contributed by atoms with E-state index >= 15 is 0 Å². The molecule has 90 valence electrons. The molecule has 0 bridgehead atoms. The van der Waals surface area contributed by atoms with Gasteiger partial charge in [0.15, 0.2) is 5.82 Å². The maximum atomic E-state index is 11.3. The van der Waals surface area contributed by atoms with E-state index in [-0.39, 0.29) is 17.9 Å². The topological polar surface area (TPSA) is 81.2 Å². The van der Waals surface area contributed by atoms with Crippen molar-refractivity contribution in [3.05, 3.63) is 22.7 Å². The van der Waals surface area contributed by atoms with Gasteiger partial charge >= 0.3 is 0 Å². The molecule has 1 atom stereocenters. The smallest absolute Gasteiger partial charge is 0.290 e. The van der Waals surface area contributed by atoms with Gasteiger partial charge in [-0.15, -0.1) is 0 Å². The van der Waals surface area contributed by atoms with Crippen LogP contribution in [0.5, 0.6) is 0 Å². The first-order chi connectivity index (χ1) is 7.41. The van der Waals surface area contributed by atoms with Crippen LogP contribution in [-0.4, -0.2) is 52.8 Å². The maximum Gasteiger partial charge on any atom is 0.290 e. The third kappa shape index (κ3) is 4.00. The molecular formula is C10H18N4O2. The fraction of sp³-hybridized carbons (Fsp3) is 0.600. The lowest BCUT2D eigenvalue weighted by Gasteiger charge is -2.27. The minimum atomic E-state index is -0.909. The molecule has 3 N–H and O–H groups in total. The lowest BCUT2D eigenvalue weighted by Crippen LogP contribution is -2.43. The molecule has 1 aromatic rings. The summed E-state index contributed by atoms with van der Waals surface area (Å²) in [5.41, 5.74) is -1.20. The number of nitrogens with one attached hydrogen (secondary N) is 2. The van der Waals surface area contributed by atoms with Gasteiger partial charge in [0.1, 0.15) is 0 Å². The highest BCUT2D eigenvalue weighted by molar-refractivity contribution is 5.30. The minimum absolute atomic E-state index is 0.224. The predicted octanol–water partition coefficient (Wildman–Crippen LogP) is -0.506. The molecule has 6 nitrogen and oxygen atoms in total. The lowest BCUT2D eigenvalue weighted by atomic mass is 10.1. The molecule has 6 heteroatoms. The van der Waals surface area contributed by atoms with Gasteiger partial charge in [-0.3, -0.25) is 4.79 Å². The van der Waals surface area contributed by atoms with E-state index in [0.29, 0.717) is 6.54 Å². The fourth-order valence-corrected chi connectivity index (χ4v) is 1.49. The second-order valence-electron chi connectivity index (χ2n) is 4.36. The first kappa shape index (κ1) is 12.7. The minimum Gasteiger partial charge on any atom is -0.387 e. The number of aromatic nitrogens is 2. The van der Waals surface area contributed by atoms with E-state index in [1.54, 1.807) is 6.92 Å². The van der Waals surface area contributed by atoms with Gasteiger partial charge in [0, 0.05) is 25.5 Å². The van der Waals surface area contributed by atoms with Crippen molar-refractivity contribution in [1.82, 2.24) is 14.9 Å². The number of rotatable bonds is 5. The second kappa shape index (κ2) is 5.09. The van der Waals surface area contributed by atoms with E-state index < -0.39 is 5.60 Å². The summed E-state index contributed by atoms with van der Waals surface area (Å²) < 4.78 is 0. The molecule has 0 aliphatic rings. The molecule has 16 heavy (non-hydrogen) atoms. The average molecular weight is 226 g/mol. The maximum absolute atomic E-state index is 11.3. The SMILES string of the molecule is CN(C)CC(C)(O)CNc1ncc[nH]c1=O. The number of hydrogen-bond acceptors (Lipinski definition) is 5. The van der Waals surface area contributed by atoms with Gasteiger partial charge in [0.2, 0.25) is 0 Å². The molecule has 0 fully saturated rings. The number of aromatic amines is 1. The van der Waals surface area contributed by atoms with Crippen LogP contribution >= 0.6 is 0 Å². The van der Waals surface area contributed by atoms with E-state index in [0.717, 1.165) is 0 Å². The van der Waals surface area contributed by atoms with Crippen LogP contribution in [0.15, 0.2) is 17.2 Å². The summed E-state index contributed by atoms with van der Waals surface area (Å²) in [7, 11) is 3.75. The summed E-state index contributed by atoms with van der Waals surface area (Å²) in [4.78, 5) is 19.6. The van der Waals surface area contributed by atoms with Crippen LogP contribution in [0.2, 0.25) is 0 Å². The molecule has 0 saturated carbocycles. The zero-order valence-corrected chi connectivity index (χ0v) is 9.82. The number of anilines is 1. The zero-order valence-electron chi connectivity index (χ0n) is 9.82. The van der Waals surface area contributed by atoms with Crippen molar-refractivity contribution in [2.45, 2.75) is 12.5 Å². The van der Waals surface area contributed by atoms with Crippen molar-refractivity contribution in [3.63, 3.8) is 0 Å². The van der Waals surface area contributed by atoms with Crippen molar-refractivity contribution in [2.24, 2.45) is 0 Å². The highest BCUT2D eigenvalue weighted by Gasteiger charge is 2.21. The third-order valence-electron chi connectivity index (χ3n) is 2.00. The standard InChI is InChI=1S/C10H18N4O2/c1-10(16,7-14(2)3)6-13-8-9(15)12-5-4-11-8/h4-5,16H,6-7H2,1-3H3,(H,11,13)(H,12,15). The highest BCUT2D eigenvalue weighted by atomic mass is 16.3. The Balaban J connectivity index is 2.58. The van der Waals surface area contributed by atoms with Gasteiger partial charge in [0.25, 0.3) is 5.56 Å². The van der Waals surface area contributed by atoms with Crippen LogP contribution in [0.3, 0.4) is 0 Å². The molecule has 0 aliphatic heterocycles. The number of likely N-dealkylation sites (N-methyl/N-ethyl adjacent to an activating group) is 1. The molecule has 0 saturated heterocycles. The van der Waals surface area contributed by atoms with Crippen molar-refractivity contribution in [3.8, 4) is 0 Å². The van der Waals surface area contributed by atoms with E-state index in [1.807, 2.05) is 19.0 Å². The molecule has 0 radical (unpaired) electrons. The van der Waals surface area contributed by atoms with Crippen molar-refractivity contribution < 1.29 is 5.11 Å². The summed E-state index contributed by atoms with van der Waals surface area (Å²) >= 11 is 0. The molecule has 0 aliphatic carbocycles. The molecule has 0 aromatic carbocycles. The normalized spacial score (nSPS) is 14.8. The first-order valence-electron chi connectivity index (χ1n) is 5.05. The quantitative estimate of drug-likeness (QED) is 0.630. The Bertz CT molecular complexity index is 386. The molecule has 1 heterocycles. The van der Waals surface area contributed by atoms with Crippen molar-refractivity contribution >= 4 is 5.82 Å². The van der Waals surface area contributed by atoms with E-state index in [4.69, 9.17) is 0 Å². The first-order valence-corrected chi connectivity index (χ1v) is 5.05. The van der Waals surface area contributed by atoms with Crippen LogP contribution in [0, 0.1) is 0 Å². The average Bonchev–Trinajstić information content (AvgIpc) is 2.14. The van der Waals surface area contributed by atoms with Gasteiger partial charge < -0.3 is 20.3 Å². The summed E-state index contributed by atoms with van der Waals surface area (Å²) in [6.45, 7) is 2.48. The number of aliphatic hydroxyl groups is 1. The Hall–Kier alpha value is -1.40. The second-order valence-corrected chi connectivity index (χ2v) is 4.36. The monoisotopic (exact) mass is 226 g/mol. The zero-order chi connectivity index (χ0) is 12.2. The fourth-order valence-electron chi connectivity index (χ4n) is 1.49. The molecular weight excluding hydrogens is 208 g/mol. The molecule has 1 aromatic heterocycles.